The predicted molar refractivity (Wildman–Crippen MR) is 55.9 cm³/mol. The molecule has 1 aliphatic heterocycles. The fraction of sp³-hybridized carbons (Fsp3) is 0.600. The Bertz CT molecular complexity index is 330. The van der Waals surface area contributed by atoms with Crippen LogP contribution in [0.3, 0.4) is 0 Å². The van der Waals surface area contributed by atoms with Crippen LogP contribution in [-0.4, -0.2) is 31.3 Å². The van der Waals surface area contributed by atoms with Gasteiger partial charge in [0, 0.05) is 18.2 Å². The molecule has 0 amide bonds. The van der Waals surface area contributed by atoms with Crippen molar-refractivity contribution in [2.45, 2.75) is 18.3 Å². The monoisotopic (exact) mass is 227 g/mol. The summed E-state index contributed by atoms with van der Waals surface area (Å²) < 4.78 is 10.3. The maximum atomic E-state index is 11.9. The van der Waals surface area contributed by atoms with E-state index in [0.717, 1.165) is 17.8 Å². The van der Waals surface area contributed by atoms with Gasteiger partial charge in [0.15, 0.2) is 0 Å². The van der Waals surface area contributed by atoms with E-state index >= 15 is 0 Å². The highest BCUT2D eigenvalue weighted by atomic mass is 32.1. The Balaban J connectivity index is 2.34. The van der Waals surface area contributed by atoms with Crippen molar-refractivity contribution in [3.63, 3.8) is 0 Å². The smallest absolute Gasteiger partial charge is 0.321 e. The zero-order valence-electron chi connectivity index (χ0n) is 8.56. The number of aromatic nitrogens is 1. The number of methoxy groups -OCH3 is 1. The first-order valence-corrected chi connectivity index (χ1v) is 5.74. The van der Waals surface area contributed by atoms with Crippen LogP contribution in [0.15, 0.2) is 11.6 Å². The molecule has 1 atom stereocenters. The standard InChI is InChI=1S/C10H13NO3S/c1-13-9(12)10(3-2-5-14-7-10)8-11-4-6-15-8/h4,6H,2-3,5,7H2,1H3/t10-/m0/s1. The van der Waals surface area contributed by atoms with Crippen LogP contribution >= 0.6 is 11.3 Å². The van der Waals surface area contributed by atoms with Crippen LogP contribution in [-0.2, 0) is 19.7 Å². The maximum Gasteiger partial charge on any atom is 0.321 e. The molecule has 0 bridgehead atoms. The van der Waals surface area contributed by atoms with Gasteiger partial charge in [0.05, 0.1) is 13.7 Å². The van der Waals surface area contributed by atoms with E-state index in [4.69, 9.17) is 9.47 Å². The van der Waals surface area contributed by atoms with Gasteiger partial charge >= 0.3 is 5.97 Å². The third-order valence-corrected chi connectivity index (χ3v) is 3.64. The Morgan fingerprint density at radius 3 is 3.13 bits per heavy atom. The number of nitrogens with zero attached hydrogens (tertiary/aromatic N) is 1. The number of hydrogen-bond donors (Lipinski definition) is 0. The molecule has 1 aliphatic rings. The molecule has 0 saturated carbocycles. The van der Waals surface area contributed by atoms with Crippen LogP contribution in [0, 0.1) is 0 Å². The molecule has 2 rings (SSSR count). The van der Waals surface area contributed by atoms with Crippen LogP contribution in [0.1, 0.15) is 17.8 Å². The van der Waals surface area contributed by atoms with Gasteiger partial charge in [0.25, 0.3) is 0 Å². The minimum absolute atomic E-state index is 0.239. The highest BCUT2D eigenvalue weighted by Crippen LogP contribution is 2.35. The average molecular weight is 227 g/mol. The van der Waals surface area contributed by atoms with E-state index in [1.165, 1.54) is 18.4 Å². The molecular formula is C10H13NO3S. The van der Waals surface area contributed by atoms with Crippen molar-refractivity contribution in [2.75, 3.05) is 20.3 Å². The molecule has 0 aliphatic carbocycles. The molecule has 5 heteroatoms. The lowest BCUT2D eigenvalue weighted by atomic mass is 9.83. The average Bonchev–Trinajstić information content (AvgIpc) is 2.83. The minimum atomic E-state index is -0.666. The first-order chi connectivity index (χ1) is 7.29. The summed E-state index contributed by atoms with van der Waals surface area (Å²) >= 11 is 1.48. The highest BCUT2D eigenvalue weighted by molar-refractivity contribution is 7.09. The van der Waals surface area contributed by atoms with Gasteiger partial charge in [-0.15, -0.1) is 11.3 Å². The molecule has 1 fully saturated rings. The van der Waals surface area contributed by atoms with Gasteiger partial charge in [-0.3, -0.25) is 4.79 Å². The van der Waals surface area contributed by atoms with Crippen LogP contribution in [0.4, 0.5) is 0 Å². The van der Waals surface area contributed by atoms with E-state index in [0.29, 0.717) is 13.2 Å². The lowest BCUT2D eigenvalue weighted by Crippen LogP contribution is -2.44. The Hall–Kier alpha value is -0.940. The fourth-order valence-corrected chi connectivity index (χ4v) is 2.71. The molecular weight excluding hydrogens is 214 g/mol. The summed E-state index contributed by atoms with van der Waals surface area (Å²) in [5, 5.41) is 2.67. The SMILES string of the molecule is COC(=O)[C@@]1(c2nccs2)CCCOC1. The summed E-state index contributed by atoms with van der Waals surface area (Å²) in [7, 11) is 1.41. The number of rotatable bonds is 2. The number of esters is 1. The number of carbonyl (C=O) groups excluding carboxylic acids is 1. The predicted octanol–water partition coefficient (Wildman–Crippen LogP) is 1.36. The zero-order chi connectivity index (χ0) is 10.7. The number of hydrogen-bond acceptors (Lipinski definition) is 5. The normalized spacial score (nSPS) is 26.2. The van der Waals surface area contributed by atoms with Crippen molar-refractivity contribution in [2.24, 2.45) is 0 Å². The van der Waals surface area contributed by atoms with E-state index in [-0.39, 0.29) is 5.97 Å². The quantitative estimate of drug-likeness (QED) is 0.716. The molecule has 1 aromatic rings. The number of carbonyl (C=O) groups is 1. The summed E-state index contributed by atoms with van der Waals surface area (Å²) in [5.74, 6) is -0.239. The summed E-state index contributed by atoms with van der Waals surface area (Å²) in [6.07, 6.45) is 3.33. The molecule has 1 saturated heterocycles. The van der Waals surface area contributed by atoms with Crippen LogP contribution in [0.25, 0.3) is 0 Å². The highest BCUT2D eigenvalue weighted by Gasteiger charge is 2.45. The van der Waals surface area contributed by atoms with Crippen molar-refractivity contribution < 1.29 is 14.3 Å². The number of ether oxygens (including phenoxy) is 2. The van der Waals surface area contributed by atoms with Gasteiger partial charge < -0.3 is 9.47 Å². The third-order valence-electron chi connectivity index (χ3n) is 2.66. The van der Waals surface area contributed by atoms with Crippen molar-refractivity contribution in [3.8, 4) is 0 Å². The van der Waals surface area contributed by atoms with Gasteiger partial charge in [-0.2, -0.15) is 0 Å². The van der Waals surface area contributed by atoms with Crippen molar-refractivity contribution in [1.82, 2.24) is 4.98 Å². The second kappa shape index (κ2) is 4.28. The van der Waals surface area contributed by atoms with Crippen LogP contribution in [0.2, 0.25) is 0 Å². The molecule has 4 nitrogen and oxygen atoms in total. The first kappa shape index (κ1) is 10.6. The molecule has 0 radical (unpaired) electrons. The Morgan fingerprint density at radius 2 is 2.60 bits per heavy atom. The molecule has 0 N–H and O–H groups in total. The van der Waals surface area contributed by atoms with Gasteiger partial charge in [0.1, 0.15) is 10.4 Å². The van der Waals surface area contributed by atoms with Crippen molar-refractivity contribution in [3.05, 3.63) is 16.6 Å². The topological polar surface area (TPSA) is 48.4 Å². The summed E-state index contributed by atoms with van der Waals surface area (Å²) in [6, 6.07) is 0. The van der Waals surface area contributed by atoms with Gasteiger partial charge in [-0.1, -0.05) is 0 Å². The summed E-state index contributed by atoms with van der Waals surface area (Å²) in [6.45, 7) is 1.09. The van der Waals surface area contributed by atoms with E-state index in [1.54, 1.807) is 6.20 Å². The zero-order valence-corrected chi connectivity index (χ0v) is 9.38. The Labute approximate surface area is 92.2 Å². The lowest BCUT2D eigenvalue weighted by Gasteiger charge is -2.32. The van der Waals surface area contributed by atoms with E-state index < -0.39 is 5.41 Å². The van der Waals surface area contributed by atoms with Gasteiger partial charge in [-0.05, 0) is 12.8 Å². The van der Waals surface area contributed by atoms with Gasteiger partial charge in [-0.25, -0.2) is 4.98 Å². The number of thiazole rings is 1. The molecule has 82 valence electrons. The molecule has 0 unspecified atom stereocenters. The molecule has 0 spiro atoms. The van der Waals surface area contributed by atoms with E-state index in [9.17, 15) is 4.79 Å². The molecule has 15 heavy (non-hydrogen) atoms. The molecule has 2 heterocycles. The summed E-state index contributed by atoms with van der Waals surface area (Å²) in [5.41, 5.74) is -0.666. The summed E-state index contributed by atoms with van der Waals surface area (Å²) in [4.78, 5) is 16.1. The van der Waals surface area contributed by atoms with E-state index in [2.05, 4.69) is 4.98 Å². The largest absolute Gasteiger partial charge is 0.468 e. The molecule has 1 aromatic heterocycles. The second-order valence-electron chi connectivity index (χ2n) is 3.57. The van der Waals surface area contributed by atoms with Crippen LogP contribution < -0.4 is 0 Å². The Morgan fingerprint density at radius 1 is 1.73 bits per heavy atom. The first-order valence-electron chi connectivity index (χ1n) is 4.86. The Kier molecular flexibility index (Phi) is 3.02. The third kappa shape index (κ3) is 1.77. The maximum absolute atomic E-state index is 11.9. The van der Waals surface area contributed by atoms with Gasteiger partial charge in [0.2, 0.25) is 0 Å². The fourth-order valence-electron chi connectivity index (χ4n) is 1.87. The van der Waals surface area contributed by atoms with E-state index in [1.807, 2.05) is 5.38 Å². The van der Waals surface area contributed by atoms with Crippen molar-refractivity contribution >= 4 is 17.3 Å². The second-order valence-corrected chi connectivity index (χ2v) is 4.46. The lowest BCUT2D eigenvalue weighted by molar-refractivity contribution is -0.153. The molecule has 0 aromatic carbocycles. The van der Waals surface area contributed by atoms with Crippen LogP contribution in [0.5, 0.6) is 0 Å². The van der Waals surface area contributed by atoms with Crippen molar-refractivity contribution in [1.29, 1.82) is 0 Å². The minimum Gasteiger partial charge on any atom is -0.468 e.